The predicted molar refractivity (Wildman–Crippen MR) is 223 cm³/mol. The molecular formula is C43H70N5O7P. The van der Waals surface area contributed by atoms with E-state index in [-0.39, 0.29) is 19.3 Å². The molecule has 3 rings (SSSR count). The Balaban J connectivity index is 1.45. The van der Waals surface area contributed by atoms with Gasteiger partial charge < -0.3 is 24.8 Å². The monoisotopic (exact) mass is 800 g/mol. The molecule has 314 valence electrons. The van der Waals surface area contributed by atoms with E-state index in [0.29, 0.717) is 47.7 Å². The average Bonchev–Trinajstić information content (AvgIpc) is 3.61. The van der Waals surface area contributed by atoms with Crippen LogP contribution in [0.15, 0.2) is 36.7 Å². The summed E-state index contributed by atoms with van der Waals surface area (Å²) in [6.07, 6.45) is 24.2. The Labute approximate surface area is 336 Å². The molecule has 56 heavy (non-hydrogen) atoms. The largest absolute Gasteiger partial charge is 0.489 e. The number of hydrogen-bond acceptors (Lipinski definition) is 10. The number of benzene rings is 1. The molecule has 0 radical (unpaired) electrons. The molecule has 3 aromatic rings. The normalized spacial score (nSPS) is 14.4. The lowest BCUT2D eigenvalue weighted by atomic mass is 10.00. The number of nitrogens with zero attached hydrogens (tertiary/aromatic N) is 4. The first-order valence-corrected chi connectivity index (χ1v) is 22.6. The quantitative estimate of drug-likeness (QED) is 0.0456. The molecule has 3 N–H and O–H groups in total. The summed E-state index contributed by atoms with van der Waals surface area (Å²) in [6, 6.07) is 11.0. The summed E-state index contributed by atoms with van der Waals surface area (Å²) >= 11 is 0. The highest BCUT2D eigenvalue weighted by molar-refractivity contribution is 7.47. The third-order valence-corrected chi connectivity index (χ3v) is 11.2. The Morgan fingerprint density at radius 1 is 0.893 bits per heavy atom. The number of phosphoric acid groups is 1. The van der Waals surface area contributed by atoms with E-state index in [1.165, 1.54) is 96.2 Å². The molecule has 0 amide bonds. The predicted octanol–water partition coefficient (Wildman–Crippen LogP) is 10.9. The van der Waals surface area contributed by atoms with Gasteiger partial charge in [-0.3, -0.25) is 9.05 Å². The fourth-order valence-electron chi connectivity index (χ4n) is 6.74. The molecule has 0 saturated heterocycles. The second kappa shape index (κ2) is 25.9. The maximum Gasteiger partial charge on any atom is 0.472 e. The number of nitrogens with two attached hydrogens (primary N) is 1. The average molecular weight is 800 g/mol. The SMILES string of the molecule is CCCCCCCCCCCCCCCCCCC[C@H](COP(=O)(O)OC[C@](C)(CCc1ccc2c(N)ncnn12)OC)Oc1ccc(C#N)c(OC(C)C)c1. The Bertz CT molecular complexity index is 1630. The van der Waals surface area contributed by atoms with E-state index in [0.717, 1.165) is 25.0 Å². The third kappa shape index (κ3) is 17.9. The van der Waals surface area contributed by atoms with Gasteiger partial charge in [-0.15, -0.1) is 0 Å². The summed E-state index contributed by atoms with van der Waals surface area (Å²) in [5.41, 5.74) is 7.10. The maximum absolute atomic E-state index is 13.2. The number of fused-ring (bicyclic) bond motifs is 1. The molecular weight excluding hydrogens is 729 g/mol. The lowest BCUT2D eigenvalue weighted by Gasteiger charge is -2.29. The number of rotatable bonds is 32. The highest BCUT2D eigenvalue weighted by Gasteiger charge is 2.32. The Hall–Kier alpha value is -3.20. The summed E-state index contributed by atoms with van der Waals surface area (Å²) in [5, 5.41) is 13.9. The number of ether oxygens (including phenoxy) is 3. The number of hydrogen-bond donors (Lipinski definition) is 2. The summed E-state index contributed by atoms with van der Waals surface area (Å²) in [7, 11) is -2.94. The molecule has 0 fully saturated rings. The van der Waals surface area contributed by atoms with Crippen LogP contribution in [0.4, 0.5) is 5.82 Å². The highest BCUT2D eigenvalue weighted by Crippen LogP contribution is 2.45. The van der Waals surface area contributed by atoms with Gasteiger partial charge in [0.25, 0.3) is 0 Å². The fraction of sp³-hybridized carbons (Fsp3) is 0.698. The van der Waals surface area contributed by atoms with Gasteiger partial charge in [0.2, 0.25) is 0 Å². The molecule has 0 spiro atoms. The van der Waals surface area contributed by atoms with Gasteiger partial charge in [0.1, 0.15) is 35.5 Å². The summed E-state index contributed by atoms with van der Waals surface area (Å²) in [5.74, 6) is 1.31. The molecule has 0 saturated carbocycles. The van der Waals surface area contributed by atoms with Gasteiger partial charge >= 0.3 is 7.82 Å². The van der Waals surface area contributed by atoms with Crippen LogP contribution in [0, 0.1) is 11.3 Å². The van der Waals surface area contributed by atoms with Crippen molar-refractivity contribution in [2.45, 2.75) is 174 Å². The molecule has 12 nitrogen and oxygen atoms in total. The van der Waals surface area contributed by atoms with Gasteiger partial charge in [0, 0.05) is 18.9 Å². The molecule has 13 heteroatoms. The van der Waals surface area contributed by atoms with E-state index in [2.05, 4.69) is 23.1 Å². The van der Waals surface area contributed by atoms with Crippen LogP contribution >= 0.6 is 7.82 Å². The number of aromatic nitrogens is 3. The molecule has 0 aliphatic carbocycles. The standard InChI is InChI=1S/C43H70N5O7P/c1-6-7-8-9-10-11-12-13-14-15-16-17-18-19-20-21-22-23-39(55-38-26-24-36(31-44)41(30-38)54-35(2)3)32-52-56(49,50)53-33-43(4,51-5)29-28-37-25-27-40-42(45)46-34-47-48(37)40/h24-27,30,34-35,39H,6-23,28-29,32-33H2,1-5H3,(H,49,50)(H2,45,46,47)/t39-,43+/m1/s1. The Morgan fingerprint density at radius 3 is 2.07 bits per heavy atom. The molecule has 3 atom stereocenters. The van der Waals surface area contributed by atoms with Crippen LogP contribution in [0.2, 0.25) is 0 Å². The third-order valence-electron chi connectivity index (χ3n) is 10.3. The summed E-state index contributed by atoms with van der Waals surface area (Å²) < 4.78 is 43.8. The van der Waals surface area contributed by atoms with Gasteiger partial charge in [0.05, 0.1) is 30.5 Å². The van der Waals surface area contributed by atoms with Crippen LogP contribution in [0.5, 0.6) is 11.5 Å². The van der Waals surface area contributed by atoms with Gasteiger partial charge in [-0.25, -0.2) is 14.1 Å². The van der Waals surface area contributed by atoms with Crippen LogP contribution in [0.25, 0.3) is 5.52 Å². The van der Waals surface area contributed by atoms with Crippen LogP contribution in [0.1, 0.15) is 161 Å². The number of nitrogen functional groups attached to an aromatic ring is 1. The van der Waals surface area contributed by atoms with Crippen molar-refractivity contribution in [3.63, 3.8) is 0 Å². The molecule has 0 bridgehead atoms. The first-order valence-electron chi connectivity index (χ1n) is 21.1. The van der Waals surface area contributed by atoms with Gasteiger partial charge in [-0.1, -0.05) is 110 Å². The number of unbranched alkanes of at least 4 members (excludes halogenated alkanes) is 16. The number of aryl methyl sites for hydroxylation is 1. The van der Waals surface area contributed by atoms with E-state index in [9.17, 15) is 14.7 Å². The Kier molecular flexibility index (Phi) is 21.8. The van der Waals surface area contributed by atoms with Crippen molar-refractivity contribution in [3.8, 4) is 17.6 Å². The van der Waals surface area contributed by atoms with Crippen molar-refractivity contribution in [2.75, 3.05) is 26.1 Å². The van der Waals surface area contributed by atoms with Gasteiger partial charge in [-0.05, 0) is 70.7 Å². The van der Waals surface area contributed by atoms with Gasteiger partial charge in [-0.2, -0.15) is 10.4 Å². The lowest BCUT2D eigenvalue weighted by Crippen LogP contribution is -2.34. The Morgan fingerprint density at radius 2 is 1.50 bits per heavy atom. The van der Waals surface area contributed by atoms with Crippen LogP contribution < -0.4 is 15.2 Å². The number of nitriles is 1. The van der Waals surface area contributed by atoms with E-state index < -0.39 is 19.5 Å². The zero-order valence-corrected chi connectivity index (χ0v) is 35.8. The first kappa shape index (κ1) is 47.2. The van der Waals surface area contributed by atoms with Crippen LogP contribution in [-0.2, 0) is 24.8 Å². The molecule has 1 unspecified atom stereocenters. The van der Waals surface area contributed by atoms with E-state index in [1.54, 1.807) is 29.8 Å². The lowest BCUT2D eigenvalue weighted by molar-refractivity contribution is -0.0456. The zero-order valence-electron chi connectivity index (χ0n) is 34.9. The van der Waals surface area contributed by atoms with E-state index in [1.807, 2.05) is 32.9 Å². The summed E-state index contributed by atoms with van der Waals surface area (Å²) in [4.78, 5) is 14.8. The van der Waals surface area contributed by atoms with Crippen molar-refractivity contribution in [3.05, 3.63) is 47.9 Å². The summed E-state index contributed by atoms with van der Waals surface area (Å²) in [6.45, 7) is 7.54. The second-order valence-corrected chi connectivity index (χ2v) is 17.0. The fourth-order valence-corrected chi connectivity index (χ4v) is 7.61. The van der Waals surface area contributed by atoms with Crippen molar-refractivity contribution < 1.29 is 32.7 Å². The number of phosphoric ester groups is 1. The number of methoxy groups -OCH3 is 1. The molecule has 0 aliphatic heterocycles. The number of anilines is 1. The van der Waals surface area contributed by atoms with E-state index in [4.69, 9.17) is 29.0 Å². The maximum atomic E-state index is 13.2. The minimum atomic E-state index is -4.48. The molecule has 0 aliphatic rings. The molecule has 2 aromatic heterocycles. The van der Waals surface area contributed by atoms with Crippen molar-refractivity contribution in [1.29, 1.82) is 5.26 Å². The first-order chi connectivity index (χ1) is 27.0. The highest BCUT2D eigenvalue weighted by atomic mass is 31.2. The topological polar surface area (TPSA) is 163 Å². The smallest absolute Gasteiger partial charge is 0.472 e. The second-order valence-electron chi connectivity index (χ2n) is 15.6. The van der Waals surface area contributed by atoms with Gasteiger partial charge in [0.15, 0.2) is 5.82 Å². The molecule has 2 heterocycles. The molecule has 1 aromatic carbocycles. The van der Waals surface area contributed by atoms with Crippen molar-refractivity contribution in [2.24, 2.45) is 0 Å². The van der Waals surface area contributed by atoms with Crippen molar-refractivity contribution >= 4 is 19.2 Å². The van der Waals surface area contributed by atoms with Crippen LogP contribution in [0.3, 0.4) is 0 Å². The van der Waals surface area contributed by atoms with E-state index >= 15 is 0 Å². The van der Waals surface area contributed by atoms with Crippen molar-refractivity contribution in [1.82, 2.24) is 14.6 Å². The zero-order chi connectivity index (χ0) is 40.7. The minimum absolute atomic E-state index is 0.128. The minimum Gasteiger partial charge on any atom is -0.489 e. The van der Waals surface area contributed by atoms with Crippen LogP contribution in [-0.4, -0.2) is 57.6 Å².